The maximum absolute atomic E-state index is 11.0. The largest absolute Gasteiger partial charge is 0.496 e. The fourth-order valence-electron chi connectivity index (χ4n) is 2.65. The minimum Gasteiger partial charge on any atom is -0.496 e. The van der Waals surface area contributed by atoms with E-state index in [0.717, 1.165) is 16.9 Å². The molecule has 3 rings (SSSR count). The molecule has 0 amide bonds. The normalized spacial score (nSPS) is 10.9. The summed E-state index contributed by atoms with van der Waals surface area (Å²) in [5.41, 5.74) is 5.55. The Morgan fingerprint density at radius 1 is 1.22 bits per heavy atom. The van der Waals surface area contributed by atoms with Crippen LogP contribution in [-0.4, -0.2) is 18.2 Å². The Kier molecular flexibility index (Phi) is 5.51. The zero-order chi connectivity index (χ0) is 19.2. The summed E-state index contributed by atoms with van der Waals surface area (Å²) in [6.45, 7) is 2.39. The van der Waals surface area contributed by atoms with Crippen LogP contribution in [0, 0.1) is 17.0 Å². The molecule has 0 saturated carbocycles. The monoisotopic (exact) mass is 365 g/mol. The fourth-order valence-corrected chi connectivity index (χ4v) is 2.65. The van der Waals surface area contributed by atoms with Gasteiger partial charge in [0, 0.05) is 23.3 Å². The summed E-state index contributed by atoms with van der Waals surface area (Å²) in [5.74, 6) is 1.90. The minimum absolute atomic E-state index is 0.0284. The summed E-state index contributed by atoms with van der Waals surface area (Å²) >= 11 is 0. The van der Waals surface area contributed by atoms with E-state index in [1.54, 1.807) is 31.5 Å². The highest BCUT2D eigenvalue weighted by atomic mass is 16.6. The van der Waals surface area contributed by atoms with Crippen LogP contribution in [0.5, 0.6) is 5.75 Å². The van der Waals surface area contributed by atoms with Gasteiger partial charge in [0.25, 0.3) is 5.69 Å². The van der Waals surface area contributed by atoms with Crippen molar-refractivity contribution in [2.24, 2.45) is 5.10 Å². The van der Waals surface area contributed by atoms with Gasteiger partial charge in [-0.3, -0.25) is 10.1 Å². The van der Waals surface area contributed by atoms with E-state index in [1.165, 1.54) is 12.1 Å². The van der Waals surface area contributed by atoms with Crippen molar-refractivity contribution in [3.63, 3.8) is 0 Å². The molecule has 7 heteroatoms. The van der Waals surface area contributed by atoms with Gasteiger partial charge in [0.1, 0.15) is 17.3 Å². The summed E-state index contributed by atoms with van der Waals surface area (Å²) in [5, 5.41) is 15.1. The molecule has 0 unspecified atom stereocenters. The van der Waals surface area contributed by atoms with Crippen LogP contribution in [0.15, 0.2) is 64.1 Å². The molecule has 0 aliphatic heterocycles. The number of furan rings is 1. The zero-order valence-electron chi connectivity index (χ0n) is 15.0. The molecular formula is C20H19N3O4. The number of methoxy groups -OCH3 is 1. The van der Waals surface area contributed by atoms with Gasteiger partial charge in [-0.2, -0.15) is 5.10 Å². The molecule has 27 heavy (non-hydrogen) atoms. The molecule has 138 valence electrons. The third-order valence-electron chi connectivity index (χ3n) is 4.07. The smallest absolute Gasteiger partial charge is 0.270 e. The van der Waals surface area contributed by atoms with Crippen molar-refractivity contribution in [3.8, 4) is 17.1 Å². The predicted molar refractivity (Wildman–Crippen MR) is 103 cm³/mol. The standard InChI is InChI=1S/C20H19N3O4/c1-14-7-8-16(23(24)25)11-18(14)20-10-9-17(27-20)13-22-21-12-15-5-3-4-6-19(15)26-2/h3-11,13,21H,12H2,1-2H3/b22-13-. The summed E-state index contributed by atoms with van der Waals surface area (Å²) < 4.78 is 11.0. The van der Waals surface area contributed by atoms with Gasteiger partial charge in [0.05, 0.1) is 24.8 Å². The quantitative estimate of drug-likeness (QED) is 0.383. The Morgan fingerprint density at radius 3 is 2.81 bits per heavy atom. The number of benzene rings is 2. The number of ether oxygens (including phenoxy) is 1. The first-order chi connectivity index (χ1) is 13.1. The van der Waals surface area contributed by atoms with Gasteiger partial charge >= 0.3 is 0 Å². The van der Waals surface area contributed by atoms with Gasteiger partial charge in [-0.05, 0) is 30.7 Å². The Labute approximate surface area is 156 Å². The van der Waals surface area contributed by atoms with Crippen molar-refractivity contribution in [1.29, 1.82) is 0 Å². The number of aryl methyl sites for hydroxylation is 1. The van der Waals surface area contributed by atoms with Crippen LogP contribution in [0.3, 0.4) is 0 Å². The topological polar surface area (TPSA) is 89.9 Å². The first-order valence-electron chi connectivity index (χ1n) is 8.31. The highest BCUT2D eigenvalue weighted by Crippen LogP contribution is 2.28. The highest BCUT2D eigenvalue weighted by Gasteiger charge is 2.12. The molecule has 1 heterocycles. The predicted octanol–water partition coefficient (Wildman–Crippen LogP) is 4.30. The number of nitro benzene ring substituents is 1. The lowest BCUT2D eigenvalue weighted by Crippen LogP contribution is -2.06. The van der Waals surface area contributed by atoms with Gasteiger partial charge in [-0.25, -0.2) is 0 Å². The van der Waals surface area contributed by atoms with Crippen LogP contribution in [0.4, 0.5) is 5.69 Å². The molecule has 0 fully saturated rings. The molecule has 0 atom stereocenters. The number of nitrogens with zero attached hydrogens (tertiary/aromatic N) is 2. The second kappa shape index (κ2) is 8.18. The van der Waals surface area contributed by atoms with Gasteiger partial charge in [-0.15, -0.1) is 0 Å². The van der Waals surface area contributed by atoms with Crippen LogP contribution in [0.25, 0.3) is 11.3 Å². The molecule has 0 saturated heterocycles. The van der Waals surface area contributed by atoms with E-state index in [4.69, 9.17) is 9.15 Å². The van der Waals surface area contributed by atoms with Crippen molar-refractivity contribution in [1.82, 2.24) is 5.43 Å². The van der Waals surface area contributed by atoms with E-state index in [2.05, 4.69) is 10.5 Å². The Bertz CT molecular complexity index is 979. The first-order valence-corrected chi connectivity index (χ1v) is 8.31. The number of hydrazone groups is 1. The lowest BCUT2D eigenvalue weighted by Gasteiger charge is -2.06. The zero-order valence-corrected chi connectivity index (χ0v) is 15.0. The third-order valence-corrected chi connectivity index (χ3v) is 4.07. The molecule has 1 aromatic heterocycles. The number of nitrogens with one attached hydrogen (secondary N) is 1. The van der Waals surface area contributed by atoms with Crippen molar-refractivity contribution in [3.05, 3.63) is 81.6 Å². The van der Waals surface area contributed by atoms with Crippen LogP contribution >= 0.6 is 0 Å². The van der Waals surface area contributed by atoms with E-state index in [0.29, 0.717) is 23.6 Å². The number of rotatable bonds is 7. The Balaban J connectivity index is 1.68. The van der Waals surface area contributed by atoms with Crippen LogP contribution < -0.4 is 10.2 Å². The van der Waals surface area contributed by atoms with Gasteiger partial charge in [-0.1, -0.05) is 24.3 Å². The number of non-ortho nitro benzene ring substituents is 1. The summed E-state index contributed by atoms with van der Waals surface area (Å²) in [4.78, 5) is 10.6. The molecule has 7 nitrogen and oxygen atoms in total. The molecule has 1 N–H and O–H groups in total. The highest BCUT2D eigenvalue weighted by molar-refractivity contribution is 5.77. The number of hydrogen-bond donors (Lipinski definition) is 1. The molecular weight excluding hydrogens is 346 g/mol. The van der Waals surface area contributed by atoms with Crippen molar-refractivity contribution in [2.75, 3.05) is 7.11 Å². The summed E-state index contributed by atoms with van der Waals surface area (Å²) in [6.07, 6.45) is 1.56. The van der Waals surface area contributed by atoms with Crippen molar-refractivity contribution >= 4 is 11.9 Å². The first kappa shape index (κ1) is 18.2. The molecule has 0 aliphatic carbocycles. The van der Waals surface area contributed by atoms with Gasteiger partial charge < -0.3 is 14.6 Å². The molecule has 0 spiro atoms. The maximum atomic E-state index is 11.0. The number of hydrogen-bond acceptors (Lipinski definition) is 6. The summed E-state index contributed by atoms with van der Waals surface area (Å²) in [7, 11) is 1.63. The second-order valence-electron chi connectivity index (χ2n) is 5.86. The van der Waals surface area contributed by atoms with Crippen LogP contribution in [0.1, 0.15) is 16.9 Å². The van der Waals surface area contributed by atoms with Crippen LogP contribution in [0.2, 0.25) is 0 Å². The number of para-hydroxylation sites is 1. The Hall–Kier alpha value is -3.61. The maximum Gasteiger partial charge on any atom is 0.270 e. The third kappa shape index (κ3) is 4.33. The van der Waals surface area contributed by atoms with E-state index in [-0.39, 0.29) is 5.69 Å². The lowest BCUT2D eigenvalue weighted by atomic mass is 10.1. The SMILES string of the molecule is COc1ccccc1CN/N=C\c1ccc(-c2cc([N+](=O)[O-])ccc2C)o1. The molecule has 0 aliphatic rings. The van der Waals surface area contributed by atoms with E-state index >= 15 is 0 Å². The lowest BCUT2D eigenvalue weighted by molar-refractivity contribution is -0.384. The van der Waals surface area contributed by atoms with E-state index < -0.39 is 4.92 Å². The molecule has 0 radical (unpaired) electrons. The average molecular weight is 365 g/mol. The molecule has 2 aromatic carbocycles. The van der Waals surface area contributed by atoms with Crippen LogP contribution in [-0.2, 0) is 6.54 Å². The fraction of sp³-hybridized carbons (Fsp3) is 0.150. The second-order valence-corrected chi connectivity index (χ2v) is 5.86. The molecule has 0 bridgehead atoms. The van der Waals surface area contributed by atoms with Gasteiger partial charge in [0.15, 0.2) is 0 Å². The Morgan fingerprint density at radius 2 is 2.04 bits per heavy atom. The molecule has 3 aromatic rings. The number of nitro groups is 1. The van der Waals surface area contributed by atoms with E-state index in [9.17, 15) is 10.1 Å². The van der Waals surface area contributed by atoms with Crippen molar-refractivity contribution < 1.29 is 14.1 Å². The van der Waals surface area contributed by atoms with Gasteiger partial charge in [0.2, 0.25) is 0 Å². The average Bonchev–Trinajstić information content (AvgIpc) is 3.14. The van der Waals surface area contributed by atoms with E-state index in [1.807, 2.05) is 31.2 Å². The van der Waals surface area contributed by atoms with Crippen molar-refractivity contribution in [2.45, 2.75) is 13.5 Å². The summed E-state index contributed by atoms with van der Waals surface area (Å²) in [6, 6.07) is 15.9. The minimum atomic E-state index is -0.421.